The molecule has 0 radical (unpaired) electrons. The number of rotatable bonds is 2. The molecule has 0 fully saturated rings. The number of nitrogens with zero attached hydrogens (tertiary/aromatic N) is 4. The van der Waals surface area contributed by atoms with Crippen molar-refractivity contribution in [2.24, 2.45) is 0 Å². The molecule has 0 aliphatic rings. The third kappa shape index (κ3) is 1.71. The van der Waals surface area contributed by atoms with E-state index in [1.807, 2.05) is 6.07 Å². The van der Waals surface area contributed by atoms with Crippen molar-refractivity contribution in [3.05, 3.63) is 42.0 Å². The van der Waals surface area contributed by atoms with Crippen LogP contribution in [0.25, 0.3) is 5.69 Å². The highest BCUT2D eigenvalue weighted by Crippen LogP contribution is 2.10. The quantitative estimate of drug-likeness (QED) is 0.771. The number of hydrogen-bond acceptors (Lipinski definition) is 4. The molecule has 0 saturated heterocycles. The van der Waals surface area contributed by atoms with Crippen LogP contribution >= 0.6 is 0 Å². The van der Waals surface area contributed by atoms with E-state index < -0.39 is 0 Å². The molecule has 1 N–H and O–H groups in total. The Morgan fingerprint density at radius 1 is 1.33 bits per heavy atom. The van der Waals surface area contributed by atoms with Gasteiger partial charge in [0.15, 0.2) is 5.82 Å². The predicted molar refractivity (Wildman–Crippen MR) is 52.0 cm³/mol. The zero-order valence-corrected chi connectivity index (χ0v) is 7.83. The highest BCUT2D eigenvalue weighted by atomic mass is 16.3. The Kier molecular flexibility index (Phi) is 2.44. The fraction of sp³-hybridized carbons (Fsp3) is 0.100. The van der Waals surface area contributed by atoms with Crippen LogP contribution < -0.4 is 0 Å². The summed E-state index contributed by atoms with van der Waals surface area (Å²) >= 11 is 0. The first kappa shape index (κ1) is 9.37. The molecular formula is C10H8N4O. The van der Waals surface area contributed by atoms with Gasteiger partial charge in [0.2, 0.25) is 0 Å². The molecule has 1 aromatic carbocycles. The van der Waals surface area contributed by atoms with Crippen LogP contribution in [-0.2, 0) is 6.61 Å². The van der Waals surface area contributed by atoms with Crippen LogP contribution in [0.1, 0.15) is 11.4 Å². The number of hydrogen-bond donors (Lipinski definition) is 1. The van der Waals surface area contributed by atoms with Crippen molar-refractivity contribution in [2.45, 2.75) is 6.61 Å². The number of benzene rings is 1. The van der Waals surface area contributed by atoms with Gasteiger partial charge in [0.25, 0.3) is 0 Å². The lowest BCUT2D eigenvalue weighted by molar-refractivity contribution is 0.269. The molecular weight excluding hydrogens is 192 g/mol. The average Bonchev–Trinajstić information content (AvgIpc) is 2.77. The molecule has 0 aliphatic carbocycles. The average molecular weight is 200 g/mol. The molecule has 0 saturated carbocycles. The summed E-state index contributed by atoms with van der Waals surface area (Å²) in [4.78, 5) is 0. The van der Waals surface area contributed by atoms with E-state index in [2.05, 4.69) is 10.2 Å². The van der Waals surface area contributed by atoms with Gasteiger partial charge in [0, 0.05) is 5.69 Å². The Balaban J connectivity index is 2.42. The Morgan fingerprint density at radius 3 is 2.67 bits per heavy atom. The molecule has 0 unspecified atom stereocenters. The van der Waals surface area contributed by atoms with Crippen LogP contribution in [0.2, 0.25) is 0 Å². The zero-order chi connectivity index (χ0) is 10.7. The summed E-state index contributed by atoms with van der Waals surface area (Å²) < 4.78 is 1.67. The van der Waals surface area contributed by atoms with Crippen LogP contribution in [0.5, 0.6) is 0 Å². The SMILES string of the molecule is N#Cc1ccc(-n2cnnc2CO)cc1. The standard InChI is InChI=1S/C10H8N4O/c11-5-8-1-3-9(4-2-8)14-7-12-13-10(14)6-15/h1-4,7,15H,6H2. The number of aromatic nitrogens is 3. The smallest absolute Gasteiger partial charge is 0.163 e. The van der Waals surface area contributed by atoms with Crippen LogP contribution in [0.4, 0.5) is 0 Å². The molecule has 15 heavy (non-hydrogen) atoms. The van der Waals surface area contributed by atoms with Gasteiger partial charge in [-0.25, -0.2) is 0 Å². The molecule has 1 heterocycles. The summed E-state index contributed by atoms with van der Waals surface area (Å²) in [5.74, 6) is 0.472. The van der Waals surface area contributed by atoms with Gasteiger partial charge >= 0.3 is 0 Å². The highest BCUT2D eigenvalue weighted by molar-refractivity contribution is 5.39. The first-order valence-corrected chi connectivity index (χ1v) is 4.35. The first-order chi connectivity index (χ1) is 7.35. The van der Waals surface area contributed by atoms with Crippen LogP contribution in [0.3, 0.4) is 0 Å². The normalized spacial score (nSPS) is 9.87. The molecule has 74 valence electrons. The first-order valence-electron chi connectivity index (χ1n) is 4.35. The summed E-state index contributed by atoms with van der Waals surface area (Å²) in [6.45, 7) is -0.167. The largest absolute Gasteiger partial charge is 0.388 e. The predicted octanol–water partition coefficient (Wildman–Crippen LogP) is 0.631. The molecule has 0 aliphatic heterocycles. The third-order valence-electron chi connectivity index (χ3n) is 2.03. The maximum atomic E-state index is 8.99. The van der Waals surface area contributed by atoms with E-state index >= 15 is 0 Å². The molecule has 5 heteroatoms. The second-order valence-electron chi connectivity index (χ2n) is 2.93. The van der Waals surface area contributed by atoms with Gasteiger partial charge in [-0.3, -0.25) is 4.57 Å². The van der Waals surface area contributed by atoms with Gasteiger partial charge in [-0.15, -0.1) is 10.2 Å². The fourth-order valence-corrected chi connectivity index (χ4v) is 1.28. The van der Waals surface area contributed by atoms with E-state index in [4.69, 9.17) is 10.4 Å². The van der Waals surface area contributed by atoms with Crippen molar-refractivity contribution < 1.29 is 5.11 Å². The summed E-state index contributed by atoms with van der Waals surface area (Å²) in [5.41, 5.74) is 1.42. The second-order valence-corrected chi connectivity index (χ2v) is 2.93. The van der Waals surface area contributed by atoms with Crippen molar-refractivity contribution in [3.63, 3.8) is 0 Å². The molecule has 0 atom stereocenters. The third-order valence-corrected chi connectivity index (χ3v) is 2.03. The lowest BCUT2D eigenvalue weighted by Gasteiger charge is -2.03. The molecule has 0 amide bonds. The van der Waals surface area contributed by atoms with Gasteiger partial charge < -0.3 is 5.11 Å². The van der Waals surface area contributed by atoms with Crippen LogP contribution in [0, 0.1) is 11.3 Å². The monoisotopic (exact) mass is 200 g/mol. The van der Waals surface area contributed by atoms with E-state index in [1.54, 1.807) is 28.8 Å². The van der Waals surface area contributed by atoms with Crippen molar-refractivity contribution in [3.8, 4) is 11.8 Å². The maximum absolute atomic E-state index is 8.99. The van der Waals surface area contributed by atoms with Gasteiger partial charge in [0.1, 0.15) is 12.9 Å². The molecule has 2 rings (SSSR count). The zero-order valence-electron chi connectivity index (χ0n) is 7.83. The summed E-state index contributed by atoms with van der Waals surface area (Å²) in [5, 5.41) is 25.1. The summed E-state index contributed by atoms with van der Waals surface area (Å²) in [6.07, 6.45) is 1.52. The Hall–Kier alpha value is -2.19. The summed E-state index contributed by atoms with van der Waals surface area (Å²) in [6, 6.07) is 9.01. The van der Waals surface area contributed by atoms with Crippen molar-refractivity contribution in [1.29, 1.82) is 5.26 Å². The van der Waals surface area contributed by atoms with Gasteiger partial charge in [-0.05, 0) is 24.3 Å². The van der Waals surface area contributed by atoms with E-state index in [0.29, 0.717) is 11.4 Å². The second kappa shape index (κ2) is 3.90. The van der Waals surface area contributed by atoms with Crippen molar-refractivity contribution in [1.82, 2.24) is 14.8 Å². The van der Waals surface area contributed by atoms with Crippen LogP contribution in [-0.4, -0.2) is 19.9 Å². The van der Waals surface area contributed by atoms with E-state index in [1.165, 1.54) is 6.33 Å². The number of aliphatic hydroxyl groups is 1. The lowest BCUT2D eigenvalue weighted by Crippen LogP contribution is -1.99. The van der Waals surface area contributed by atoms with Gasteiger partial charge in [-0.1, -0.05) is 0 Å². The Bertz CT molecular complexity index is 495. The molecule has 2 aromatic rings. The molecule has 1 aromatic heterocycles. The van der Waals surface area contributed by atoms with Crippen molar-refractivity contribution in [2.75, 3.05) is 0 Å². The topological polar surface area (TPSA) is 74.7 Å². The number of nitriles is 1. The molecule has 0 spiro atoms. The molecule has 0 bridgehead atoms. The van der Waals surface area contributed by atoms with E-state index in [9.17, 15) is 0 Å². The minimum Gasteiger partial charge on any atom is -0.388 e. The highest BCUT2D eigenvalue weighted by Gasteiger charge is 2.04. The van der Waals surface area contributed by atoms with Gasteiger partial charge in [0.05, 0.1) is 11.6 Å². The van der Waals surface area contributed by atoms with Crippen LogP contribution in [0.15, 0.2) is 30.6 Å². The fourth-order valence-electron chi connectivity index (χ4n) is 1.28. The lowest BCUT2D eigenvalue weighted by atomic mass is 10.2. The minimum absolute atomic E-state index is 0.167. The minimum atomic E-state index is -0.167. The van der Waals surface area contributed by atoms with E-state index in [-0.39, 0.29) is 6.61 Å². The van der Waals surface area contributed by atoms with E-state index in [0.717, 1.165) is 5.69 Å². The maximum Gasteiger partial charge on any atom is 0.163 e. The Morgan fingerprint density at radius 2 is 2.07 bits per heavy atom. The van der Waals surface area contributed by atoms with Gasteiger partial charge in [-0.2, -0.15) is 5.26 Å². The molecule has 5 nitrogen and oxygen atoms in total. The van der Waals surface area contributed by atoms with Crippen molar-refractivity contribution >= 4 is 0 Å². The Labute approximate surface area is 86.2 Å². The number of aliphatic hydroxyl groups excluding tert-OH is 1. The summed E-state index contributed by atoms with van der Waals surface area (Å²) in [7, 11) is 0.